The monoisotopic (exact) mass is 273 g/mol. The standard InChI is InChI=1S/C14H15N3O3/c1-9-16-11-6-5-10(8-12(11)17-9)14(19)15-7-3-4-13(18)20-2/h3-6,8H,7H2,1-2H3,(H,15,19)(H,16,17)/b4-3+. The van der Waals surface area contributed by atoms with Crippen molar-refractivity contribution in [3.63, 3.8) is 0 Å². The second-order valence-electron chi connectivity index (χ2n) is 4.19. The Labute approximate surface area is 115 Å². The van der Waals surface area contributed by atoms with Crippen LogP contribution < -0.4 is 5.32 Å². The number of fused-ring (bicyclic) bond motifs is 1. The fraction of sp³-hybridized carbons (Fsp3) is 0.214. The van der Waals surface area contributed by atoms with Gasteiger partial charge in [0.1, 0.15) is 5.82 Å². The molecule has 0 saturated carbocycles. The Bertz CT molecular complexity index is 673. The number of aryl methyl sites for hydroxylation is 1. The number of esters is 1. The first kappa shape index (κ1) is 13.8. The molecule has 0 bridgehead atoms. The molecule has 0 aliphatic rings. The highest BCUT2D eigenvalue weighted by molar-refractivity contribution is 5.97. The van der Waals surface area contributed by atoms with Gasteiger partial charge in [-0.1, -0.05) is 6.08 Å². The van der Waals surface area contributed by atoms with Crippen molar-refractivity contribution in [3.8, 4) is 0 Å². The van der Waals surface area contributed by atoms with Gasteiger partial charge in [-0.15, -0.1) is 0 Å². The maximum Gasteiger partial charge on any atom is 0.330 e. The molecule has 1 aromatic heterocycles. The van der Waals surface area contributed by atoms with E-state index in [1.54, 1.807) is 18.2 Å². The van der Waals surface area contributed by atoms with Crippen LogP contribution in [-0.2, 0) is 9.53 Å². The van der Waals surface area contributed by atoms with E-state index in [0.29, 0.717) is 5.56 Å². The summed E-state index contributed by atoms with van der Waals surface area (Å²) in [5.41, 5.74) is 2.18. The zero-order valence-electron chi connectivity index (χ0n) is 11.3. The third kappa shape index (κ3) is 3.23. The Kier molecular flexibility index (Phi) is 4.14. The molecule has 0 saturated heterocycles. The minimum absolute atomic E-state index is 0.214. The van der Waals surface area contributed by atoms with Crippen molar-refractivity contribution in [2.24, 2.45) is 0 Å². The number of imidazole rings is 1. The van der Waals surface area contributed by atoms with Crippen LogP contribution in [-0.4, -0.2) is 35.5 Å². The van der Waals surface area contributed by atoms with E-state index < -0.39 is 5.97 Å². The summed E-state index contributed by atoms with van der Waals surface area (Å²) in [5, 5.41) is 2.68. The summed E-state index contributed by atoms with van der Waals surface area (Å²) >= 11 is 0. The Morgan fingerprint density at radius 3 is 3.00 bits per heavy atom. The second kappa shape index (κ2) is 6.01. The molecule has 1 heterocycles. The Morgan fingerprint density at radius 2 is 2.25 bits per heavy atom. The van der Waals surface area contributed by atoms with E-state index in [1.807, 2.05) is 6.92 Å². The van der Waals surface area contributed by atoms with E-state index in [-0.39, 0.29) is 12.5 Å². The van der Waals surface area contributed by atoms with Gasteiger partial charge in [0.15, 0.2) is 0 Å². The number of aromatic nitrogens is 2. The number of carbonyl (C=O) groups excluding carboxylic acids is 2. The number of hydrogen-bond donors (Lipinski definition) is 2. The van der Waals surface area contributed by atoms with Gasteiger partial charge in [0.05, 0.1) is 18.1 Å². The van der Waals surface area contributed by atoms with Gasteiger partial charge >= 0.3 is 5.97 Å². The van der Waals surface area contributed by atoms with Gasteiger partial charge in [-0.3, -0.25) is 4.79 Å². The van der Waals surface area contributed by atoms with Gasteiger partial charge in [-0.2, -0.15) is 0 Å². The number of aromatic amines is 1. The molecule has 1 amide bonds. The molecule has 2 rings (SSSR count). The van der Waals surface area contributed by atoms with Crippen molar-refractivity contribution in [1.29, 1.82) is 0 Å². The average Bonchev–Trinajstić information content (AvgIpc) is 2.81. The Hall–Kier alpha value is -2.63. The molecule has 2 N–H and O–H groups in total. The number of amides is 1. The predicted molar refractivity (Wildman–Crippen MR) is 74.3 cm³/mol. The first-order chi connectivity index (χ1) is 9.60. The first-order valence-corrected chi connectivity index (χ1v) is 6.09. The fourth-order valence-electron chi connectivity index (χ4n) is 1.76. The largest absolute Gasteiger partial charge is 0.466 e. The number of H-pyrrole nitrogens is 1. The molecule has 2 aromatic rings. The van der Waals surface area contributed by atoms with Gasteiger partial charge in [0, 0.05) is 18.2 Å². The number of nitrogens with one attached hydrogen (secondary N) is 2. The van der Waals surface area contributed by atoms with Gasteiger partial charge in [-0.25, -0.2) is 9.78 Å². The minimum atomic E-state index is -0.450. The number of rotatable bonds is 4. The predicted octanol–water partition coefficient (Wildman–Crippen LogP) is 1.33. The molecule has 6 heteroatoms. The van der Waals surface area contributed by atoms with Crippen LogP contribution in [0.2, 0.25) is 0 Å². The van der Waals surface area contributed by atoms with Crippen molar-refractivity contribution in [3.05, 3.63) is 41.7 Å². The molecule has 0 atom stereocenters. The minimum Gasteiger partial charge on any atom is -0.466 e. The Balaban J connectivity index is 2.00. The van der Waals surface area contributed by atoms with E-state index in [2.05, 4.69) is 20.0 Å². The summed E-state index contributed by atoms with van der Waals surface area (Å²) < 4.78 is 4.44. The summed E-state index contributed by atoms with van der Waals surface area (Å²) in [4.78, 5) is 30.1. The molecule has 0 spiro atoms. The van der Waals surface area contributed by atoms with Crippen LogP contribution in [0.3, 0.4) is 0 Å². The van der Waals surface area contributed by atoms with Crippen molar-refractivity contribution in [2.45, 2.75) is 6.92 Å². The molecule has 0 radical (unpaired) electrons. The molecular weight excluding hydrogens is 258 g/mol. The lowest BCUT2D eigenvalue weighted by molar-refractivity contribution is -0.134. The summed E-state index contributed by atoms with van der Waals surface area (Å²) in [5.74, 6) is 0.140. The van der Waals surface area contributed by atoms with Gasteiger partial charge in [-0.05, 0) is 25.1 Å². The molecule has 0 unspecified atom stereocenters. The molecule has 0 fully saturated rings. The van der Waals surface area contributed by atoms with Crippen LogP contribution in [0.4, 0.5) is 0 Å². The zero-order chi connectivity index (χ0) is 14.5. The van der Waals surface area contributed by atoms with Crippen LogP contribution in [0.5, 0.6) is 0 Å². The number of ether oxygens (including phenoxy) is 1. The normalized spacial score (nSPS) is 10.9. The highest BCUT2D eigenvalue weighted by Crippen LogP contribution is 2.13. The highest BCUT2D eigenvalue weighted by Gasteiger charge is 2.07. The van der Waals surface area contributed by atoms with Crippen LogP contribution in [0.15, 0.2) is 30.4 Å². The highest BCUT2D eigenvalue weighted by atomic mass is 16.5. The van der Waals surface area contributed by atoms with Gasteiger partial charge in [0.25, 0.3) is 5.91 Å². The number of carbonyl (C=O) groups is 2. The average molecular weight is 273 g/mol. The van der Waals surface area contributed by atoms with Gasteiger partial charge < -0.3 is 15.0 Å². The number of benzene rings is 1. The summed E-state index contributed by atoms with van der Waals surface area (Å²) in [6.07, 6.45) is 2.80. The van der Waals surface area contributed by atoms with Crippen molar-refractivity contribution in [2.75, 3.05) is 13.7 Å². The molecule has 6 nitrogen and oxygen atoms in total. The zero-order valence-corrected chi connectivity index (χ0v) is 11.3. The lowest BCUT2D eigenvalue weighted by Gasteiger charge is -2.02. The van der Waals surface area contributed by atoms with Crippen LogP contribution in [0.25, 0.3) is 11.0 Å². The lowest BCUT2D eigenvalue weighted by atomic mass is 10.2. The fourth-order valence-corrected chi connectivity index (χ4v) is 1.76. The van der Waals surface area contributed by atoms with Crippen molar-refractivity contribution < 1.29 is 14.3 Å². The van der Waals surface area contributed by atoms with Crippen LogP contribution >= 0.6 is 0 Å². The third-order valence-electron chi connectivity index (χ3n) is 2.70. The van der Waals surface area contributed by atoms with Crippen LogP contribution in [0, 0.1) is 6.92 Å². The summed E-state index contributed by atoms with van der Waals surface area (Å²) in [6, 6.07) is 5.24. The molecule has 104 valence electrons. The number of hydrogen-bond acceptors (Lipinski definition) is 4. The molecule has 20 heavy (non-hydrogen) atoms. The van der Waals surface area contributed by atoms with E-state index in [4.69, 9.17) is 0 Å². The first-order valence-electron chi connectivity index (χ1n) is 6.09. The maximum absolute atomic E-state index is 11.9. The molecule has 0 aliphatic carbocycles. The van der Waals surface area contributed by atoms with E-state index in [0.717, 1.165) is 16.9 Å². The second-order valence-corrected chi connectivity index (χ2v) is 4.19. The summed E-state index contributed by atoms with van der Waals surface area (Å²) in [7, 11) is 1.30. The lowest BCUT2D eigenvalue weighted by Crippen LogP contribution is -2.23. The molecular formula is C14H15N3O3. The topological polar surface area (TPSA) is 84.1 Å². The van der Waals surface area contributed by atoms with Crippen molar-refractivity contribution in [1.82, 2.24) is 15.3 Å². The smallest absolute Gasteiger partial charge is 0.330 e. The van der Waals surface area contributed by atoms with Gasteiger partial charge in [0.2, 0.25) is 0 Å². The van der Waals surface area contributed by atoms with E-state index >= 15 is 0 Å². The van der Waals surface area contributed by atoms with Crippen molar-refractivity contribution >= 4 is 22.9 Å². The molecule has 1 aromatic carbocycles. The SMILES string of the molecule is COC(=O)/C=C/CNC(=O)c1ccc2nc(C)[nH]c2c1. The number of methoxy groups -OCH3 is 1. The summed E-state index contributed by atoms with van der Waals surface area (Å²) in [6.45, 7) is 2.12. The number of nitrogens with zero attached hydrogens (tertiary/aromatic N) is 1. The molecule has 0 aliphatic heterocycles. The third-order valence-corrected chi connectivity index (χ3v) is 2.70. The quantitative estimate of drug-likeness (QED) is 0.650. The van der Waals surface area contributed by atoms with E-state index in [1.165, 1.54) is 19.3 Å². The van der Waals surface area contributed by atoms with Crippen LogP contribution in [0.1, 0.15) is 16.2 Å². The maximum atomic E-state index is 11.9. The van der Waals surface area contributed by atoms with E-state index in [9.17, 15) is 9.59 Å². The Morgan fingerprint density at radius 1 is 1.45 bits per heavy atom.